The summed E-state index contributed by atoms with van der Waals surface area (Å²) >= 11 is 6.49. The predicted molar refractivity (Wildman–Crippen MR) is 161 cm³/mol. The molecule has 5 rings (SSSR count). The van der Waals surface area contributed by atoms with Crippen LogP contribution in [0, 0.1) is 0 Å². The number of anilines is 6. The Morgan fingerprint density at radius 2 is 1.88 bits per heavy atom. The molecular weight excluding hydrogens is 528 g/mol. The zero-order chi connectivity index (χ0) is 28.4. The van der Waals surface area contributed by atoms with E-state index in [0.717, 1.165) is 47.8 Å². The van der Waals surface area contributed by atoms with Crippen molar-refractivity contribution in [1.29, 1.82) is 0 Å². The van der Waals surface area contributed by atoms with Crippen LogP contribution in [0.5, 0.6) is 5.75 Å². The van der Waals surface area contributed by atoms with Crippen molar-refractivity contribution in [1.82, 2.24) is 9.97 Å². The lowest BCUT2D eigenvalue weighted by Crippen LogP contribution is -2.36. The lowest BCUT2D eigenvalue weighted by molar-refractivity contribution is -0.119. The number of ether oxygens (including phenoxy) is 2. The number of methoxy groups -OCH3 is 1. The molecule has 0 unspecified atom stereocenters. The molecule has 3 heterocycles. The number of aromatic nitrogens is 2. The van der Waals surface area contributed by atoms with Gasteiger partial charge in [0.15, 0.2) is 5.82 Å². The van der Waals surface area contributed by atoms with E-state index in [0.29, 0.717) is 42.2 Å². The van der Waals surface area contributed by atoms with Gasteiger partial charge in [0.2, 0.25) is 11.9 Å². The fourth-order valence-electron chi connectivity index (χ4n) is 5.33. The molecule has 2 N–H and O–H groups in total. The van der Waals surface area contributed by atoms with E-state index in [1.165, 1.54) is 0 Å². The van der Waals surface area contributed by atoms with Crippen molar-refractivity contribution in [2.75, 3.05) is 53.8 Å². The zero-order valence-electron chi connectivity index (χ0n) is 23.8. The summed E-state index contributed by atoms with van der Waals surface area (Å²) in [4.78, 5) is 26.3. The topological polar surface area (TPSA) is 91.9 Å². The maximum atomic E-state index is 13.0. The number of benzene rings is 2. The predicted octanol–water partition coefficient (Wildman–Crippen LogP) is 6.28. The SMILES string of the molecule is COc1cc(N2CCOCC2)ccc1Nc1nc(Nc2ccc3c(c2)N(C(C)C)C(=O)CCC3(C)C)ncc1Cl. The Balaban J connectivity index is 1.41. The molecule has 2 aromatic carbocycles. The number of nitrogens with zero attached hydrogens (tertiary/aromatic N) is 4. The van der Waals surface area contributed by atoms with Gasteiger partial charge in [-0.1, -0.05) is 31.5 Å². The van der Waals surface area contributed by atoms with Crippen molar-refractivity contribution in [3.05, 3.63) is 53.2 Å². The van der Waals surface area contributed by atoms with Gasteiger partial charge < -0.3 is 29.9 Å². The van der Waals surface area contributed by atoms with E-state index in [1.54, 1.807) is 13.3 Å². The number of fused-ring (bicyclic) bond motifs is 1. The molecule has 0 radical (unpaired) electrons. The van der Waals surface area contributed by atoms with Crippen LogP contribution in [0.4, 0.5) is 34.5 Å². The van der Waals surface area contributed by atoms with Crippen LogP contribution in [0.25, 0.3) is 0 Å². The fourth-order valence-corrected chi connectivity index (χ4v) is 5.47. The first-order chi connectivity index (χ1) is 19.2. The molecule has 10 heteroatoms. The number of rotatable bonds is 7. The second-order valence-corrected chi connectivity index (χ2v) is 11.5. The van der Waals surface area contributed by atoms with Crippen LogP contribution in [-0.2, 0) is 14.9 Å². The largest absolute Gasteiger partial charge is 0.494 e. The van der Waals surface area contributed by atoms with E-state index in [1.807, 2.05) is 49.1 Å². The van der Waals surface area contributed by atoms with Crippen molar-refractivity contribution < 1.29 is 14.3 Å². The Morgan fingerprint density at radius 3 is 2.60 bits per heavy atom. The maximum absolute atomic E-state index is 13.0. The standard InChI is InChI=1S/C30H37ClN6O3/c1-19(2)37-25-16-20(6-8-22(25)30(3,4)11-10-27(37)38)33-29-32-18-23(31)28(35-29)34-24-9-7-21(17-26(24)39-5)36-12-14-40-15-13-36/h6-9,16-19H,10-15H2,1-5H3,(H2,32,33,34,35). The second kappa shape index (κ2) is 11.5. The van der Waals surface area contributed by atoms with Gasteiger partial charge in [0, 0.05) is 48.7 Å². The molecule has 1 fully saturated rings. The first-order valence-electron chi connectivity index (χ1n) is 13.7. The molecule has 0 aliphatic carbocycles. The molecule has 0 saturated carbocycles. The zero-order valence-corrected chi connectivity index (χ0v) is 24.5. The number of amides is 1. The minimum absolute atomic E-state index is 0.0441. The Kier molecular flexibility index (Phi) is 8.05. The van der Waals surface area contributed by atoms with E-state index in [2.05, 4.69) is 45.4 Å². The van der Waals surface area contributed by atoms with Crippen molar-refractivity contribution in [3.8, 4) is 5.75 Å². The van der Waals surface area contributed by atoms with E-state index >= 15 is 0 Å². The van der Waals surface area contributed by atoms with Gasteiger partial charge in [-0.05, 0) is 55.5 Å². The Bertz CT molecular complexity index is 1390. The fraction of sp³-hybridized carbons (Fsp3) is 0.433. The van der Waals surface area contributed by atoms with E-state index in [9.17, 15) is 4.79 Å². The molecular formula is C30H37ClN6O3. The summed E-state index contributed by atoms with van der Waals surface area (Å²) in [5.74, 6) is 1.65. The van der Waals surface area contributed by atoms with Crippen LogP contribution in [-0.4, -0.2) is 55.3 Å². The van der Waals surface area contributed by atoms with Crippen molar-refractivity contribution >= 4 is 52.0 Å². The number of hydrogen-bond acceptors (Lipinski definition) is 8. The minimum atomic E-state index is -0.114. The van der Waals surface area contributed by atoms with Crippen molar-refractivity contribution in [2.24, 2.45) is 0 Å². The Labute approximate surface area is 240 Å². The molecule has 3 aromatic rings. The number of hydrogen-bond donors (Lipinski definition) is 2. The highest BCUT2D eigenvalue weighted by atomic mass is 35.5. The third kappa shape index (κ3) is 5.81. The lowest BCUT2D eigenvalue weighted by Gasteiger charge is -2.30. The molecule has 212 valence electrons. The average molecular weight is 565 g/mol. The van der Waals surface area contributed by atoms with Gasteiger partial charge in [-0.15, -0.1) is 0 Å². The normalized spacial score (nSPS) is 16.9. The highest BCUT2D eigenvalue weighted by molar-refractivity contribution is 6.33. The molecule has 1 saturated heterocycles. The smallest absolute Gasteiger partial charge is 0.229 e. The monoisotopic (exact) mass is 564 g/mol. The third-order valence-electron chi connectivity index (χ3n) is 7.55. The molecule has 0 bridgehead atoms. The van der Waals surface area contributed by atoms with Crippen LogP contribution in [0.1, 0.15) is 46.1 Å². The summed E-state index contributed by atoms with van der Waals surface area (Å²) in [6.45, 7) is 11.6. The molecule has 9 nitrogen and oxygen atoms in total. The first-order valence-corrected chi connectivity index (χ1v) is 14.1. The van der Waals surface area contributed by atoms with Crippen molar-refractivity contribution in [2.45, 2.75) is 52.0 Å². The van der Waals surface area contributed by atoms with Gasteiger partial charge in [-0.3, -0.25) is 4.79 Å². The summed E-state index contributed by atoms with van der Waals surface area (Å²) in [6.07, 6.45) is 2.89. The molecule has 1 aromatic heterocycles. The van der Waals surface area contributed by atoms with Gasteiger partial charge in [0.05, 0.1) is 32.2 Å². The lowest BCUT2D eigenvalue weighted by atomic mass is 9.80. The summed E-state index contributed by atoms with van der Waals surface area (Å²) in [7, 11) is 1.64. The summed E-state index contributed by atoms with van der Waals surface area (Å²) in [6, 6.07) is 12.2. The van der Waals surface area contributed by atoms with Crippen molar-refractivity contribution in [3.63, 3.8) is 0 Å². The van der Waals surface area contributed by atoms with Crippen LogP contribution < -0.4 is 25.2 Å². The van der Waals surface area contributed by atoms with Gasteiger partial charge in [-0.2, -0.15) is 4.98 Å². The number of nitrogens with one attached hydrogen (secondary N) is 2. The average Bonchev–Trinajstić information content (AvgIpc) is 3.04. The Morgan fingerprint density at radius 1 is 1.10 bits per heavy atom. The number of morpholine rings is 1. The minimum Gasteiger partial charge on any atom is -0.494 e. The molecule has 2 aliphatic rings. The number of halogens is 1. The Hall–Kier alpha value is -3.56. The molecule has 0 atom stereocenters. The summed E-state index contributed by atoms with van der Waals surface area (Å²) < 4.78 is 11.2. The third-order valence-corrected chi connectivity index (χ3v) is 7.83. The van der Waals surface area contributed by atoms with E-state index in [4.69, 9.17) is 21.1 Å². The van der Waals surface area contributed by atoms with Gasteiger partial charge in [0.1, 0.15) is 10.8 Å². The quantitative estimate of drug-likeness (QED) is 0.347. The highest BCUT2D eigenvalue weighted by Crippen LogP contribution is 2.42. The molecule has 40 heavy (non-hydrogen) atoms. The number of carbonyl (C=O) groups is 1. The maximum Gasteiger partial charge on any atom is 0.229 e. The number of carbonyl (C=O) groups excluding carboxylic acids is 1. The molecule has 2 aliphatic heterocycles. The van der Waals surface area contributed by atoms with Crippen LogP contribution in [0.3, 0.4) is 0 Å². The second-order valence-electron chi connectivity index (χ2n) is 11.1. The van der Waals surface area contributed by atoms with Crippen LogP contribution in [0.15, 0.2) is 42.6 Å². The van der Waals surface area contributed by atoms with E-state index < -0.39 is 0 Å². The first kappa shape index (κ1) is 28.0. The summed E-state index contributed by atoms with van der Waals surface area (Å²) in [5.41, 5.74) is 4.56. The molecule has 1 amide bonds. The summed E-state index contributed by atoms with van der Waals surface area (Å²) in [5, 5.41) is 6.98. The van der Waals surface area contributed by atoms with Gasteiger partial charge in [-0.25, -0.2) is 4.98 Å². The van der Waals surface area contributed by atoms with Crippen LogP contribution >= 0.6 is 11.6 Å². The van der Waals surface area contributed by atoms with E-state index in [-0.39, 0.29) is 17.4 Å². The van der Waals surface area contributed by atoms with Crippen LogP contribution in [0.2, 0.25) is 5.02 Å². The molecule has 0 spiro atoms. The highest BCUT2D eigenvalue weighted by Gasteiger charge is 2.34. The van der Waals surface area contributed by atoms with Gasteiger partial charge >= 0.3 is 0 Å². The van der Waals surface area contributed by atoms with Gasteiger partial charge in [0.25, 0.3) is 0 Å².